The van der Waals surface area contributed by atoms with E-state index in [1.165, 1.54) is 24.3 Å². The van der Waals surface area contributed by atoms with E-state index in [0.29, 0.717) is 18.5 Å². The number of methoxy groups -OCH3 is 1. The van der Waals surface area contributed by atoms with Crippen molar-refractivity contribution in [3.8, 4) is 5.75 Å². The molecule has 0 aliphatic rings. The second-order valence-electron chi connectivity index (χ2n) is 5.15. The molecule has 2 rings (SSSR count). The fraction of sp³-hybridized carbons (Fsp3) is 0.235. The van der Waals surface area contributed by atoms with E-state index in [4.69, 9.17) is 4.74 Å². The van der Waals surface area contributed by atoms with Crippen molar-refractivity contribution in [1.82, 2.24) is 5.32 Å². The molecule has 0 fully saturated rings. The number of sulfone groups is 1. The van der Waals surface area contributed by atoms with Gasteiger partial charge in [-0.1, -0.05) is 12.1 Å². The van der Waals surface area contributed by atoms with Crippen LogP contribution < -0.4 is 10.1 Å². The molecule has 0 aliphatic heterocycles. The first-order valence-corrected chi connectivity index (χ1v) is 9.00. The minimum absolute atomic E-state index is 0.199. The zero-order valence-corrected chi connectivity index (χ0v) is 13.9. The minimum atomic E-state index is -3.25. The Bertz CT molecular complexity index is 782. The van der Waals surface area contributed by atoms with Crippen LogP contribution in [0.3, 0.4) is 0 Å². The standard InChI is InChI=1S/C17H19NO4S/c1-22-15-5-3-4-13(12-15)10-11-18-17(19)14-6-8-16(9-7-14)23(2,20)21/h3-9,12H,10-11H2,1-2H3,(H,18,19). The van der Waals surface area contributed by atoms with Crippen LogP contribution in [0.4, 0.5) is 0 Å². The Morgan fingerprint density at radius 3 is 2.43 bits per heavy atom. The summed E-state index contributed by atoms with van der Waals surface area (Å²) in [6.07, 6.45) is 1.82. The van der Waals surface area contributed by atoms with Gasteiger partial charge >= 0.3 is 0 Å². The molecule has 0 aliphatic carbocycles. The predicted molar refractivity (Wildman–Crippen MR) is 88.6 cm³/mol. The van der Waals surface area contributed by atoms with E-state index in [1.807, 2.05) is 24.3 Å². The van der Waals surface area contributed by atoms with Crippen LogP contribution in [0.5, 0.6) is 5.75 Å². The van der Waals surface area contributed by atoms with E-state index in [0.717, 1.165) is 17.6 Å². The number of carbonyl (C=O) groups excluding carboxylic acids is 1. The van der Waals surface area contributed by atoms with Crippen molar-refractivity contribution in [2.24, 2.45) is 0 Å². The number of nitrogens with one attached hydrogen (secondary N) is 1. The number of amides is 1. The highest BCUT2D eigenvalue weighted by Crippen LogP contribution is 2.13. The number of carbonyl (C=O) groups is 1. The van der Waals surface area contributed by atoms with Crippen LogP contribution in [-0.2, 0) is 16.3 Å². The zero-order chi connectivity index (χ0) is 16.9. The molecule has 0 unspecified atom stereocenters. The molecular formula is C17H19NO4S. The van der Waals surface area contributed by atoms with Gasteiger partial charge in [-0.05, 0) is 48.4 Å². The first-order chi connectivity index (χ1) is 10.9. The molecule has 6 heteroatoms. The van der Waals surface area contributed by atoms with Crippen molar-refractivity contribution in [3.05, 3.63) is 59.7 Å². The fourth-order valence-corrected chi connectivity index (χ4v) is 2.73. The Balaban J connectivity index is 1.92. The smallest absolute Gasteiger partial charge is 0.251 e. The van der Waals surface area contributed by atoms with Gasteiger partial charge in [0.1, 0.15) is 5.75 Å². The highest BCUT2D eigenvalue weighted by molar-refractivity contribution is 7.90. The lowest BCUT2D eigenvalue weighted by Gasteiger charge is -2.07. The van der Waals surface area contributed by atoms with Crippen molar-refractivity contribution < 1.29 is 17.9 Å². The number of hydrogen-bond acceptors (Lipinski definition) is 4. The summed E-state index contributed by atoms with van der Waals surface area (Å²) in [5.74, 6) is 0.554. The SMILES string of the molecule is COc1cccc(CCNC(=O)c2ccc(S(C)(=O)=O)cc2)c1. The molecule has 2 aromatic carbocycles. The summed E-state index contributed by atoms with van der Waals surface area (Å²) in [6.45, 7) is 0.486. The van der Waals surface area contributed by atoms with Gasteiger partial charge in [0.05, 0.1) is 12.0 Å². The summed E-state index contributed by atoms with van der Waals surface area (Å²) < 4.78 is 27.9. The van der Waals surface area contributed by atoms with Crippen molar-refractivity contribution in [2.45, 2.75) is 11.3 Å². The van der Waals surface area contributed by atoms with Crippen molar-refractivity contribution in [3.63, 3.8) is 0 Å². The number of benzene rings is 2. The quantitative estimate of drug-likeness (QED) is 0.878. The second kappa shape index (κ2) is 7.28. The normalized spacial score (nSPS) is 11.0. The van der Waals surface area contributed by atoms with E-state index in [-0.39, 0.29) is 10.8 Å². The molecule has 2 aromatic rings. The minimum Gasteiger partial charge on any atom is -0.497 e. The van der Waals surface area contributed by atoms with Gasteiger partial charge in [0.25, 0.3) is 5.91 Å². The molecule has 0 spiro atoms. The summed E-state index contributed by atoms with van der Waals surface area (Å²) in [6, 6.07) is 13.6. The van der Waals surface area contributed by atoms with Gasteiger partial charge in [-0.15, -0.1) is 0 Å². The molecule has 23 heavy (non-hydrogen) atoms. The van der Waals surface area contributed by atoms with Gasteiger partial charge in [-0.25, -0.2) is 8.42 Å². The van der Waals surface area contributed by atoms with Gasteiger partial charge in [0.2, 0.25) is 0 Å². The Morgan fingerprint density at radius 2 is 1.83 bits per heavy atom. The topological polar surface area (TPSA) is 72.5 Å². The van der Waals surface area contributed by atoms with Gasteiger partial charge in [0, 0.05) is 18.4 Å². The highest BCUT2D eigenvalue weighted by Gasteiger charge is 2.09. The molecule has 0 aromatic heterocycles. The van der Waals surface area contributed by atoms with E-state index in [1.54, 1.807) is 7.11 Å². The van der Waals surface area contributed by atoms with E-state index in [2.05, 4.69) is 5.32 Å². The summed E-state index contributed by atoms with van der Waals surface area (Å²) >= 11 is 0. The summed E-state index contributed by atoms with van der Waals surface area (Å²) in [7, 11) is -1.64. The van der Waals surface area contributed by atoms with Crippen molar-refractivity contribution in [1.29, 1.82) is 0 Å². The lowest BCUT2D eigenvalue weighted by atomic mass is 10.1. The number of ether oxygens (including phenoxy) is 1. The van der Waals surface area contributed by atoms with Crippen LogP contribution in [0.1, 0.15) is 15.9 Å². The molecule has 0 bridgehead atoms. The average molecular weight is 333 g/mol. The van der Waals surface area contributed by atoms with Crippen LogP contribution in [0.15, 0.2) is 53.4 Å². The van der Waals surface area contributed by atoms with Gasteiger partial charge in [0.15, 0.2) is 9.84 Å². The maximum atomic E-state index is 12.0. The van der Waals surface area contributed by atoms with E-state index in [9.17, 15) is 13.2 Å². The zero-order valence-electron chi connectivity index (χ0n) is 13.1. The third-order valence-electron chi connectivity index (χ3n) is 3.38. The van der Waals surface area contributed by atoms with Gasteiger partial charge in [-0.3, -0.25) is 4.79 Å². The first kappa shape index (κ1) is 17.0. The molecule has 0 heterocycles. The Kier molecular flexibility index (Phi) is 5.39. The van der Waals surface area contributed by atoms with Crippen LogP contribution in [0, 0.1) is 0 Å². The van der Waals surface area contributed by atoms with Crippen LogP contribution >= 0.6 is 0 Å². The molecule has 5 nitrogen and oxygen atoms in total. The fourth-order valence-electron chi connectivity index (χ4n) is 2.10. The average Bonchev–Trinajstić information content (AvgIpc) is 2.54. The Hall–Kier alpha value is -2.34. The molecule has 0 atom stereocenters. The third-order valence-corrected chi connectivity index (χ3v) is 4.51. The maximum absolute atomic E-state index is 12.0. The Labute approximate surface area is 136 Å². The maximum Gasteiger partial charge on any atom is 0.251 e. The molecule has 0 radical (unpaired) electrons. The van der Waals surface area contributed by atoms with Crippen LogP contribution in [0.25, 0.3) is 0 Å². The summed E-state index contributed by atoms with van der Waals surface area (Å²) in [5, 5.41) is 2.81. The molecule has 1 amide bonds. The number of hydrogen-bond donors (Lipinski definition) is 1. The first-order valence-electron chi connectivity index (χ1n) is 7.11. The third kappa shape index (κ3) is 4.82. The molecular weight excluding hydrogens is 314 g/mol. The summed E-state index contributed by atoms with van der Waals surface area (Å²) in [4.78, 5) is 12.2. The Morgan fingerprint density at radius 1 is 1.13 bits per heavy atom. The predicted octanol–water partition coefficient (Wildman–Crippen LogP) is 2.07. The number of rotatable bonds is 6. The molecule has 122 valence electrons. The highest BCUT2D eigenvalue weighted by atomic mass is 32.2. The monoisotopic (exact) mass is 333 g/mol. The van der Waals surface area contributed by atoms with Crippen LogP contribution in [-0.4, -0.2) is 34.2 Å². The molecule has 1 N–H and O–H groups in total. The van der Waals surface area contributed by atoms with Gasteiger partial charge in [-0.2, -0.15) is 0 Å². The molecule has 0 saturated heterocycles. The molecule has 0 saturated carbocycles. The van der Waals surface area contributed by atoms with Gasteiger partial charge < -0.3 is 10.1 Å². The lowest BCUT2D eigenvalue weighted by molar-refractivity contribution is 0.0954. The largest absolute Gasteiger partial charge is 0.497 e. The lowest BCUT2D eigenvalue weighted by Crippen LogP contribution is -2.25. The van der Waals surface area contributed by atoms with Crippen molar-refractivity contribution in [2.75, 3.05) is 19.9 Å². The van der Waals surface area contributed by atoms with Crippen LogP contribution in [0.2, 0.25) is 0 Å². The van der Waals surface area contributed by atoms with E-state index >= 15 is 0 Å². The second-order valence-corrected chi connectivity index (χ2v) is 7.17. The van der Waals surface area contributed by atoms with Crippen molar-refractivity contribution >= 4 is 15.7 Å². The summed E-state index contributed by atoms with van der Waals surface area (Å²) in [5.41, 5.74) is 1.50. The van der Waals surface area contributed by atoms with E-state index < -0.39 is 9.84 Å².